The Labute approximate surface area is 219 Å². The minimum absolute atomic E-state index is 0.298. The smallest absolute Gasteiger partial charge is 0.220 e. The van der Waals surface area contributed by atoms with E-state index in [9.17, 15) is 0 Å². The summed E-state index contributed by atoms with van der Waals surface area (Å²) in [6.45, 7) is 4.03. The fourth-order valence-electron chi connectivity index (χ4n) is 5.16. The third-order valence-corrected chi connectivity index (χ3v) is 8.03. The van der Waals surface area contributed by atoms with E-state index in [4.69, 9.17) is 10.5 Å². The van der Waals surface area contributed by atoms with Crippen molar-refractivity contribution in [3.05, 3.63) is 71.1 Å². The number of hydrogen-bond donors (Lipinski definition) is 2. The summed E-state index contributed by atoms with van der Waals surface area (Å²) in [5.74, 6) is 2.20. The van der Waals surface area contributed by atoms with E-state index in [2.05, 4.69) is 66.7 Å². The van der Waals surface area contributed by atoms with Crippen LogP contribution in [0.4, 0.5) is 17.5 Å². The number of rotatable bonds is 6. The molecule has 3 aromatic heterocycles. The van der Waals surface area contributed by atoms with Gasteiger partial charge in [-0.05, 0) is 65.9 Å². The number of fused-ring (bicyclic) bond motifs is 2. The average Bonchev–Trinajstić information content (AvgIpc) is 3.30. The number of thiophene rings is 1. The first kappa shape index (κ1) is 23.4. The number of benzene rings is 2. The average molecular weight is 512 g/mol. The number of nitrogens with one attached hydrogen (secondary N) is 1. The number of hydrogen-bond acceptors (Lipinski definition) is 9. The standard InChI is InChI=1S/C28H29N7OS/c1-17-15-37-27-25(17)26(31-16-32-27)35-9-6-20(7-10-35)33-24-13-18(12-21-5-8-30-28(29)34-21)11-19-3-4-22(36-2)14-23(19)24/h3-5,8,11,13-16,20,33H,6-7,9-10,12H2,1-2H3,(H2,29,30,34). The van der Waals surface area contributed by atoms with Gasteiger partial charge in [-0.15, -0.1) is 11.3 Å². The lowest BCUT2D eigenvalue weighted by molar-refractivity contribution is 0.415. The molecule has 0 amide bonds. The summed E-state index contributed by atoms with van der Waals surface area (Å²) in [6, 6.07) is 12.9. The molecule has 9 heteroatoms. The Hall–Kier alpha value is -3.98. The second kappa shape index (κ2) is 9.82. The molecule has 1 saturated heterocycles. The van der Waals surface area contributed by atoms with E-state index in [-0.39, 0.29) is 0 Å². The molecule has 0 atom stereocenters. The van der Waals surface area contributed by atoms with Gasteiger partial charge in [-0.1, -0.05) is 12.1 Å². The van der Waals surface area contributed by atoms with Crippen LogP contribution in [0.5, 0.6) is 5.75 Å². The number of nitrogens with zero attached hydrogens (tertiary/aromatic N) is 5. The largest absolute Gasteiger partial charge is 0.497 e. The van der Waals surface area contributed by atoms with Gasteiger partial charge in [0.25, 0.3) is 0 Å². The zero-order chi connectivity index (χ0) is 25.4. The zero-order valence-electron chi connectivity index (χ0n) is 20.9. The summed E-state index contributed by atoms with van der Waals surface area (Å²) in [6.07, 6.45) is 6.12. The molecule has 0 unspecified atom stereocenters. The van der Waals surface area contributed by atoms with E-state index in [1.807, 2.05) is 12.1 Å². The molecule has 1 aliphatic rings. The monoisotopic (exact) mass is 511 g/mol. The summed E-state index contributed by atoms with van der Waals surface area (Å²) in [5, 5.41) is 9.53. The summed E-state index contributed by atoms with van der Waals surface area (Å²) in [7, 11) is 1.71. The maximum absolute atomic E-state index is 5.81. The van der Waals surface area contributed by atoms with Crippen molar-refractivity contribution in [1.29, 1.82) is 0 Å². The Bertz CT molecular complexity index is 1580. The number of ether oxygens (including phenoxy) is 1. The van der Waals surface area contributed by atoms with Crippen molar-refractivity contribution in [2.24, 2.45) is 0 Å². The Morgan fingerprint density at radius 1 is 1.11 bits per heavy atom. The van der Waals surface area contributed by atoms with Gasteiger partial charge in [0.1, 0.15) is 22.7 Å². The number of piperidine rings is 1. The molecule has 0 radical (unpaired) electrons. The van der Waals surface area contributed by atoms with E-state index in [0.29, 0.717) is 18.4 Å². The van der Waals surface area contributed by atoms with Crippen molar-refractivity contribution in [2.45, 2.75) is 32.2 Å². The lowest BCUT2D eigenvalue weighted by Crippen LogP contribution is -2.39. The minimum Gasteiger partial charge on any atom is -0.497 e. The van der Waals surface area contributed by atoms with Crippen LogP contribution in [-0.4, -0.2) is 46.2 Å². The molecule has 1 fully saturated rings. The van der Waals surface area contributed by atoms with E-state index in [0.717, 1.165) is 64.5 Å². The Balaban J connectivity index is 1.25. The fraction of sp³-hybridized carbons (Fsp3) is 0.286. The molecular formula is C28H29N7OS. The van der Waals surface area contributed by atoms with Crippen molar-refractivity contribution in [2.75, 3.05) is 36.1 Å². The third-order valence-electron chi connectivity index (χ3n) is 7.03. The van der Waals surface area contributed by atoms with Crippen molar-refractivity contribution >= 4 is 49.8 Å². The highest BCUT2D eigenvalue weighted by Crippen LogP contribution is 2.34. The molecule has 1 aliphatic heterocycles. The molecular weight excluding hydrogens is 482 g/mol. The molecule has 5 aromatic rings. The highest BCUT2D eigenvalue weighted by atomic mass is 32.1. The zero-order valence-corrected chi connectivity index (χ0v) is 21.8. The molecule has 0 aliphatic carbocycles. The molecule has 0 spiro atoms. The molecule has 0 saturated carbocycles. The Kier molecular flexibility index (Phi) is 6.21. The van der Waals surface area contributed by atoms with Gasteiger partial charge in [0.05, 0.1) is 18.2 Å². The highest BCUT2D eigenvalue weighted by Gasteiger charge is 2.23. The normalized spacial score (nSPS) is 14.4. The number of aryl methyl sites for hydroxylation is 1. The predicted octanol–water partition coefficient (Wildman–Crippen LogP) is 5.21. The van der Waals surface area contributed by atoms with Gasteiger partial charge in [-0.3, -0.25) is 0 Å². The van der Waals surface area contributed by atoms with Crippen molar-refractivity contribution in [1.82, 2.24) is 19.9 Å². The van der Waals surface area contributed by atoms with Crippen LogP contribution in [0.15, 0.2) is 54.3 Å². The van der Waals surface area contributed by atoms with Crippen LogP contribution in [0.25, 0.3) is 21.0 Å². The SMILES string of the molecule is COc1ccc2cc(Cc3ccnc(N)n3)cc(NC3CCN(c4ncnc5scc(C)c45)CC3)c2c1. The lowest BCUT2D eigenvalue weighted by atomic mass is 9.99. The quantitative estimate of drug-likeness (QED) is 0.321. The maximum atomic E-state index is 5.81. The molecule has 0 bridgehead atoms. The van der Waals surface area contributed by atoms with Crippen LogP contribution >= 0.6 is 11.3 Å². The van der Waals surface area contributed by atoms with Crippen LogP contribution in [0.2, 0.25) is 0 Å². The molecule has 3 N–H and O–H groups in total. The maximum Gasteiger partial charge on any atom is 0.220 e. The van der Waals surface area contributed by atoms with Gasteiger partial charge in [0, 0.05) is 42.8 Å². The summed E-state index contributed by atoms with van der Waals surface area (Å²) < 4.78 is 5.53. The highest BCUT2D eigenvalue weighted by molar-refractivity contribution is 7.17. The van der Waals surface area contributed by atoms with Crippen LogP contribution in [0.3, 0.4) is 0 Å². The van der Waals surface area contributed by atoms with E-state index >= 15 is 0 Å². The Morgan fingerprint density at radius 3 is 2.78 bits per heavy atom. The van der Waals surface area contributed by atoms with E-state index in [1.54, 1.807) is 31.0 Å². The van der Waals surface area contributed by atoms with E-state index in [1.165, 1.54) is 16.5 Å². The first-order chi connectivity index (χ1) is 18.1. The second-order valence-electron chi connectivity index (χ2n) is 9.52. The molecule has 8 nitrogen and oxygen atoms in total. The molecule has 2 aromatic carbocycles. The summed E-state index contributed by atoms with van der Waals surface area (Å²) in [5.41, 5.74) is 10.3. The topological polar surface area (TPSA) is 102 Å². The number of methoxy groups -OCH3 is 1. The predicted molar refractivity (Wildman–Crippen MR) is 151 cm³/mol. The van der Waals surface area contributed by atoms with Crippen molar-refractivity contribution in [3.63, 3.8) is 0 Å². The van der Waals surface area contributed by atoms with Gasteiger partial charge in [0.2, 0.25) is 5.95 Å². The summed E-state index contributed by atoms with van der Waals surface area (Å²) >= 11 is 1.69. The van der Waals surface area contributed by atoms with Gasteiger partial charge in [0.15, 0.2) is 0 Å². The van der Waals surface area contributed by atoms with Gasteiger partial charge in [-0.2, -0.15) is 0 Å². The van der Waals surface area contributed by atoms with Gasteiger partial charge < -0.3 is 20.7 Å². The number of nitrogen functional groups attached to an aromatic ring is 1. The number of anilines is 3. The van der Waals surface area contributed by atoms with Crippen LogP contribution in [0.1, 0.15) is 29.7 Å². The summed E-state index contributed by atoms with van der Waals surface area (Å²) in [4.78, 5) is 21.0. The molecule has 188 valence electrons. The van der Waals surface area contributed by atoms with E-state index < -0.39 is 0 Å². The third kappa shape index (κ3) is 4.74. The van der Waals surface area contributed by atoms with Crippen LogP contribution in [-0.2, 0) is 6.42 Å². The number of nitrogens with two attached hydrogens (primary N) is 1. The lowest BCUT2D eigenvalue weighted by Gasteiger charge is -2.34. The molecule has 37 heavy (non-hydrogen) atoms. The number of aromatic nitrogens is 4. The second-order valence-corrected chi connectivity index (χ2v) is 10.4. The first-order valence-electron chi connectivity index (χ1n) is 12.5. The van der Waals surface area contributed by atoms with Gasteiger partial charge >= 0.3 is 0 Å². The first-order valence-corrected chi connectivity index (χ1v) is 13.3. The van der Waals surface area contributed by atoms with Crippen LogP contribution < -0.4 is 20.7 Å². The van der Waals surface area contributed by atoms with Gasteiger partial charge in [-0.25, -0.2) is 19.9 Å². The van der Waals surface area contributed by atoms with Crippen molar-refractivity contribution < 1.29 is 4.74 Å². The molecule has 6 rings (SSSR count). The molecule has 4 heterocycles. The van der Waals surface area contributed by atoms with Crippen LogP contribution in [0, 0.1) is 6.92 Å². The Morgan fingerprint density at radius 2 is 1.97 bits per heavy atom. The van der Waals surface area contributed by atoms with Crippen molar-refractivity contribution in [3.8, 4) is 5.75 Å². The minimum atomic E-state index is 0.298. The fourth-order valence-corrected chi connectivity index (χ4v) is 6.05.